The molecule has 0 spiro atoms. The van der Waals surface area contributed by atoms with Gasteiger partial charge in [0.1, 0.15) is 6.10 Å². The van der Waals surface area contributed by atoms with Crippen LogP contribution in [0.25, 0.3) is 11.1 Å². The lowest BCUT2D eigenvalue weighted by molar-refractivity contribution is 0.0963. The molecular formula is C19H19N3O3. The number of aromatic nitrogens is 1. The highest BCUT2D eigenvalue weighted by Gasteiger charge is 2.31. The Labute approximate surface area is 146 Å². The zero-order valence-electron chi connectivity index (χ0n) is 13.9. The van der Waals surface area contributed by atoms with Crippen LogP contribution in [0.3, 0.4) is 0 Å². The van der Waals surface area contributed by atoms with Crippen LogP contribution in [-0.4, -0.2) is 35.4 Å². The average Bonchev–Trinajstić information content (AvgIpc) is 3.04. The Morgan fingerprint density at radius 2 is 2.04 bits per heavy atom. The van der Waals surface area contributed by atoms with Crippen LogP contribution in [0.1, 0.15) is 25.0 Å². The second-order valence-corrected chi connectivity index (χ2v) is 5.91. The third-order valence-electron chi connectivity index (χ3n) is 4.30. The molecule has 2 heterocycles. The average molecular weight is 337 g/mol. The molecule has 1 fully saturated rings. The van der Waals surface area contributed by atoms with Gasteiger partial charge in [-0.15, -0.1) is 0 Å². The predicted molar refractivity (Wildman–Crippen MR) is 93.0 cm³/mol. The minimum atomic E-state index is -0.476. The number of aliphatic hydroxyl groups excluding tert-OH is 1. The van der Waals surface area contributed by atoms with E-state index in [1.807, 2.05) is 43.3 Å². The van der Waals surface area contributed by atoms with Crippen LogP contribution in [0.5, 0.6) is 0 Å². The second kappa shape index (κ2) is 7.32. The van der Waals surface area contributed by atoms with E-state index in [1.165, 1.54) is 4.90 Å². The van der Waals surface area contributed by atoms with Crippen LogP contribution in [0.4, 0.5) is 10.5 Å². The first-order chi connectivity index (χ1) is 12.2. The number of anilines is 1. The molecule has 2 aromatic rings. The predicted octanol–water partition coefficient (Wildman–Crippen LogP) is 3.08. The first-order valence-electron chi connectivity index (χ1n) is 8.21. The molecule has 1 aromatic heterocycles. The topological polar surface area (TPSA) is 86.5 Å². The van der Waals surface area contributed by atoms with E-state index < -0.39 is 12.2 Å². The molecule has 0 aliphatic carbocycles. The molecule has 2 unspecified atom stereocenters. The van der Waals surface area contributed by atoms with Crippen molar-refractivity contribution in [3.05, 3.63) is 48.3 Å². The highest BCUT2D eigenvalue weighted by Crippen LogP contribution is 2.26. The summed E-state index contributed by atoms with van der Waals surface area (Å²) in [5.41, 5.74) is 3.42. The van der Waals surface area contributed by atoms with E-state index in [-0.39, 0.29) is 12.5 Å². The Morgan fingerprint density at radius 1 is 1.32 bits per heavy atom. The van der Waals surface area contributed by atoms with Gasteiger partial charge in [-0.05, 0) is 30.2 Å². The Balaban J connectivity index is 1.77. The molecular weight excluding hydrogens is 318 g/mol. The number of nitrogens with zero attached hydrogens (tertiary/aromatic N) is 3. The molecule has 2 atom stereocenters. The van der Waals surface area contributed by atoms with E-state index in [1.54, 1.807) is 6.20 Å². The number of hydrogen-bond acceptors (Lipinski definition) is 5. The van der Waals surface area contributed by atoms with Gasteiger partial charge in [0.05, 0.1) is 30.8 Å². The van der Waals surface area contributed by atoms with Gasteiger partial charge in [0.2, 0.25) is 0 Å². The summed E-state index contributed by atoms with van der Waals surface area (Å²) in [5, 5.41) is 18.2. The second-order valence-electron chi connectivity index (χ2n) is 5.91. The lowest BCUT2D eigenvalue weighted by Gasteiger charge is -2.13. The smallest absolute Gasteiger partial charge is 0.414 e. The zero-order chi connectivity index (χ0) is 17.8. The molecule has 1 aliphatic rings. The maximum absolute atomic E-state index is 11.8. The number of hydrogen-bond donors (Lipinski definition) is 1. The van der Waals surface area contributed by atoms with Crippen molar-refractivity contribution in [2.75, 3.05) is 18.1 Å². The summed E-state index contributed by atoms with van der Waals surface area (Å²) in [6.07, 6.45) is 1.57. The summed E-state index contributed by atoms with van der Waals surface area (Å²) in [6.45, 7) is 2.13. The number of carbonyl (C=O) groups excluding carboxylic acids is 1. The summed E-state index contributed by atoms with van der Waals surface area (Å²) in [4.78, 5) is 17.7. The van der Waals surface area contributed by atoms with E-state index >= 15 is 0 Å². The van der Waals surface area contributed by atoms with Crippen LogP contribution >= 0.6 is 0 Å². The zero-order valence-corrected chi connectivity index (χ0v) is 13.9. The molecule has 6 heteroatoms. The van der Waals surface area contributed by atoms with E-state index in [9.17, 15) is 4.79 Å². The Morgan fingerprint density at radius 3 is 2.56 bits per heavy atom. The quantitative estimate of drug-likeness (QED) is 0.906. The number of pyridine rings is 1. The molecule has 6 nitrogen and oxygen atoms in total. The molecule has 1 saturated heterocycles. The Bertz CT molecular complexity index is 781. The highest BCUT2D eigenvalue weighted by molar-refractivity contribution is 5.90. The number of rotatable bonds is 5. The van der Waals surface area contributed by atoms with Gasteiger partial charge in [-0.3, -0.25) is 9.88 Å². The van der Waals surface area contributed by atoms with E-state index in [0.29, 0.717) is 6.54 Å². The fourth-order valence-corrected chi connectivity index (χ4v) is 2.81. The Hall–Kier alpha value is -2.91. The molecule has 0 bridgehead atoms. The fourth-order valence-electron chi connectivity index (χ4n) is 2.81. The van der Waals surface area contributed by atoms with Crippen molar-refractivity contribution in [1.29, 1.82) is 5.26 Å². The van der Waals surface area contributed by atoms with Crippen LogP contribution < -0.4 is 4.90 Å². The first kappa shape index (κ1) is 16.9. The van der Waals surface area contributed by atoms with Gasteiger partial charge in [-0.2, -0.15) is 5.26 Å². The van der Waals surface area contributed by atoms with Crippen molar-refractivity contribution in [3.8, 4) is 17.2 Å². The lowest BCUT2D eigenvalue weighted by atomic mass is 10.0. The van der Waals surface area contributed by atoms with E-state index in [2.05, 4.69) is 11.1 Å². The van der Waals surface area contributed by atoms with E-state index in [4.69, 9.17) is 15.1 Å². The number of amides is 1. The maximum Gasteiger partial charge on any atom is 0.414 e. The number of ether oxygens (including phenoxy) is 1. The van der Waals surface area contributed by atoms with Gasteiger partial charge in [0.25, 0.3) is 0 Å². The van der Waals surface area contributed by atoms with Gasteiger partial charge < -0.3 is 9.84 Å². The molecule has 0 saturated carbocycles. The minimum Gasteiger partial charge on any atom is -0.441 e. The van der Waals surface area contributed by atoms with Crippen molar-refractivity contribution in [2.45, 2.75) is 25.4 Å². The van der Waals surface area contributed by atoms with Crippen molar-refractivity contribution >= 4 is 11.8 Å². The van der Waals surface area contributed by atoms with Gasteiger partial charge in [0.15, 0.2) is 0 Å². The normalized spacial score (nSPS) is 17.9. The van der Waals surface area contributed by atoms with Crippen molar-refractivity contribution in [2.24, 2.45) is 0 Å². The molecule has 3 rings (SSSR count). The van der Waals surface area contributed by atoms with Crippen LogP contribution in [-0.2, 0) is 4.74 Å². The summed E-state index contributed by atoms with van der Waals surface area (Å²) in [7, 11) is 0. The molecule has 128 valence electrons. The van der Waals surface area contributed by atoms with Gasteiger partial charge >= 0.3 is 6.09 Å². The summed E-state index contributed by atoms with van der Waals surface area (Å²) in [6, 6.07) is 13.6. The highest BCUT2D eigenvalue weighted by atomic mass is 16.6. The van der Waals surface area contributed by atoms with Crippen molar-refractivity contribution in [1.82, 2.24) is 4.98 Å². The summed E-state index contributed by atoms with van der Waals surface area (Å²) >= 11 is 0. The van der Waals surface area contributed by atoms with Crippen LogP contribution in [0.15, 0.2) is 42.6 Å². The fraction of sp³-hybridized carbons (Fsp3) is 0.316. The number of benzene rings is 1. The molecule has 1 N–H and O–H groups in total. The van der Waals surface area contributed by atoms with Gasteiger partial charge in [0, 0.05) is 17.4 Å². The largest absolute Gasteiger partial charge is 0.441 e. The molecule has 1 aliphatic heterocycles. The third-order valence-corrected chi connectivity index (χ3v) is 4.30. The van der Waals surface area contributed by atoms with E-state index in [0.717, 1.165) is 28.9 Å². The number of carbonyl (C=O) groups is 1. The third kappa shape index (κ3) is 3.47. The molecule has 1 aromatic carbocycles. The van der Waals surface area contributed by atoms with Crippen LogP contribution in [0, 0.1) is 11.3 Å². The molecule has 25 heavy (non-hydrogen) atoms. The van der Waals surface area contributed by atoms with Gasteiger partial charge in [-0.25, -0.2) is 4.79 Å². The van der Waals surface area contributed by atoms with Crippen molar-refractivity contribution < 1.29 is 14.6 Å². The molecule has 1 amide bonds. The Kier molecular flexibility index (Phi) is 4.96. The standard InChI is InChI=1S/C19H19N3O3/c1-2-13(9-20)18-8-5-15(10-21-18)14-3-6-16(7-4-14)22-11-17(12-23)25-19(22)24/h3-8,10,13,17,23H,2,11-12H2,1H3. The number of nitriles is 1. The lowest BCUT2D eigenvalue weighted by Crippen LogP contribution is -2.25. The summed E-state index contributed by atoms with van der Waals surface area (Å²) < 4.78 is 5.05. The minimum absolute atomic E-state index is 0.181. The molecule has 0 radical (unpaired) electrons. The van der Waals surface area contributed by atoms with Crippen LogP contribution in [0.2, 0.25) is 0 Å². The monoisotopic (exact) mass is 337 g/mol. The number of aliphatic hydroxyl groups is 1. The van der Waals surface area contributed by atoms with Gasteiger partial charge in [-0.1, -0.05) is 25.1 Å². The van der Waals surface area contributed by atoms with Crippen molar-refractivity contribution in [3.63, 3.8) is 0 Å². The first-order valence-corrected chi connectivity index (χ1v) is 8.21. The SMILES string of the molecule is CCC(C#N)c1ccc(-c2ccc(N3CC(CO)OC3=O)cc2)cn1. The number of cyclic esters (lactones) is 1. The maximum atomic E-state index is 11.8. The summed E-state index contributed by atoms with van der Waals surface area (Å²) in [5.74, 6) is -0.183.